The molecule has 0 aliphatic rings. The number of carbonyl (C=O) groups is 3. The highest BCUT2D eigenvalue weighted by molar-refractivity contribution is 6.34. The quantitative estimate of drug-likeness (QED) is 0.512. The van der Waals surface area contributed by atoms with E-state index in [0.29, 0.717) is 0 Å². The third kappa shape index (κ3) is 4.05. The van der Waals surface area contributed by atoms with Gasteiger partial charge >= 0.3 is 11.9 Å². The molecule has 0 aliphatic carbocycles. The van der Waals surface area contributed by atoms with E-state index < -0.39 is 17.7 Å². The molecular formula is C19H16Cl2O7. The van der Waals surface area contributed by atoms with Crippen molar-refractivity contribution in [2.45, 2.75) is 0 Å². The molecule has 0 saturated heterocycles. The van der Waals surface area contributed by atoms with E-state index in [2.05, 4.69) is 0 Å². The van der Waals surface area contributed by atoms with Crippen molar-refractivity contribution >= 4 is 40.9 Å². The van der Waals surface area contributed by atoms with E-state index in [4.69, 9.17) is 42.1 Å². The molecule has 0 N–H and O–H groups in total. The van der Waals surface area contributed by atoms with Gasteiger partial charge in [-0.3, -0.25) is 4.79 Å². The van der Waals surface area contributed by atoms with E-state index >= 15 is 0 Å². The highest BCUT2D eigenvalue weighted by atomic mass is 35.5. The number of carbonyl (C=O) groups excluding carboxylic acids is 3. The van der Waals surface area contributed by atoms with Crippen molar-refractivity contribution in [3.63, 3.8) is 0 Å². The van der Waals surface area contributed by atoms with Gasteiger partial charge in [0.15, 0.2) is 17.3 Å². The summed E-state index contributed by atoms with van der Waals surface area (Å²) in [5, 5.41) is 0.0862. The van der Waals surface area contributed by atoms with Gasteiger partial charge in [-0.05, 0) is 24.3 Å². The normalized spacial score (nSPS) is 10.2. The number of esters is 2. The number of hydrogen-bond donors (Lipinski definition) is 0. The predicted molar refractivity (Wildman–Crippen MR) is 102 cm³/mol. The third-order valence-corrected chi connectivity index (χ3v) is 4.39. The Morgan fingerprint density at radius 1 is 0.679 bits per heavy atom. The molecule has 0 spiro atoms. The summed E-state index contributed by atoms with van der Waals surface area (Å²) in [5.74, 6) is -1.83. The van der Waals surface area contributed by atoms with E-state index in [1.807, 2.05) is 0 Å². The molecule has 9 heteroatoms. The molecule has 0 aromatic heterocycles. The Balaban J connectivity index is 2.63. The first-order valence-electron chi connectivity index (χ1n) is 7.75. The summed E-state index contributed by atoms with van der Waals surface area (Å²) in [7, 11) is 5.05. The molecule has 0 aliphatic heterocycles. The van der Waals surface area contributed by atoms with Crippen LogP contribution in [0.4, 0.5) is 0 Å². The lowest BCUT2D eigenvalue weighted by atomic mass is 9.98. The maximum absolute atomic E-state index is 13.0. The molecule has 0 bridgehead atoms. The molecular weight excluding hydrogens is 411 g/mol. The Bertz CT molecular complexity index is 878. The lowest BCUT2D eigenvalue weighted by Crippen LogP contribution is -2.11. The van der Waals surface area contributed by atoms with Crippen molar-refractivity contribution in [2.24, 2.45) is 0 Å². The van der Waals surface area contributed by atoms with Gasteiger partial charge in [0.05, 0.1) is 38.5 Å². The average Bonchev–Trinajstić information content (AvgIpc) is 2.70. The van der Waals surface area contributed by atoms with Crippen LogP contribution >= 0.6 is 23.2 Å². The van der Waals surface area contributed by atoms with E-state index in [1.54, 1.807) is 0 Å². The Hall–Kier alpha value is -2.77. The molecule has 0 fully saturated rings. The van der Waals surface area contributed by atoms with Crippen LogP contribution in [0.5, 0.6) is 11.5 Å². The summed E-state index contributed by atoms with van der Waals surface area (Å²) in [4.78, 5) is 37.0. The minimum atomic E-state index is -0.726. The van der Waals surface area contributed by atoms with Crippen LogP contribution in [0.2, 0.25) is 10.0 Å². The van der Waals surface area contributed by atoms with Gasteiger partial charge in [0, 0.05) is 11.1 Å². The van der Waals surface area contributed by atoms with Gasteiger partial charge in [0.1, 0.15) is 11.1 Å². The zero-order chi connectivity index (χ0) is 21.0. The van der Waals surface area contributed by atoms with Gasteiger partial charge in [0.2, 0.25) is 0 Å². The topological polar surface area (TPSA) is 88.1 Å². The summed E-state index contributed by atoms with van der Waals surface area (Å²) >= 11 is 12.3. The van der Waals surface area contributed by atoms with Crippen molar-refractivity contribution in [2.75, 3.05) is 28.4 Å². The van der Waals surface area contributed by atoms with Crippen LogP contribution in [0.3, 0.4) is 0 Å². The molecule has 0 amide bonds. The van der Waals surface area contributed by atoms with Gasteiger partial charge in [-0.25, -0.2) is 9.59 Å². The molecule has 0 heterocycles. The van der Waals surface area contributed by atoms with Crippen molar-refractivity contribution < 1.29 is 33.3 Å². The molecule has 0 saturated carbocycles. The van der Waals surface area contributed by atoms with Crippen LogP contribution < -0.4 is 9.47 Å². The van der Waals surface area contributed by atoms with E-state index in [-0.39, 0.29) is 43.8 Å². The number of ketones is 1. The first-order chi connectivity index (χ1) is 13.3. The van der Waals surface area contributed by atoms with E-state index in [9.17, 15) is 14.4 Å². The summed E-state index contributed by atoms with van der Waals surface area (Å²) in [6.45, 7) is 0. The first-order valence-corrected chi connectivity index (χ1v) is 8.51. The van der Waals surface area contributed by atoms with Crippen LogP contribution in [0.1, 0.15) is 36.6 Å². The Morgan fingerprint density at radius 3 is 1.32 bits per heavy atom. The summed E-state index contributed by atoms with van der Waals surface area (Å²) < 4.78 is 19.6. The number of benzene rings is 2. The number of halogens is 2. The molecule has 28 heavy (non-hydrogen) atoms. The van der Waals surface area contributed by atoms with Gasteiger partial charge in [-0.1, -0.05) is 23.2 Å². The van der Waals surface area contributed by atoms with Crippen molar-refractivity contribution in [1.82, 2.24) is 0 Å². The van der Waals surface area contributed by atoms with Gasteiger partial charge in [0.25, 0.3) is 0 Å². The minimum absolute atomic E-state index is 0.0198. The maximum Gasteiger partial charge on any atom is 0.341 e. The van der Waals surface area contributed by atoms with Crippen LogP contribution in [0, 0.1) is 0 Å². The van der Waals surface area contributed by atoms with Crippen LogP contribution in [0.15, 0.2) is 24.3 Å². The summed E-state index contributed by atoms with van der Waals surface area (Å²) in [5.41, 5.74) is 0.105. The van der Waals surface area contributed by atoms with E-state index in [0.717, 1.165) is 0 Å². The molecule has 0 atom stereocenters. The van der Waals surface area contributed by atoms with Gasteiger partial charge < -0.3 is 18.9 Å². The summed E-state index contributed by atoms with van der Waals surface area (Å²) in [6, 6.07) is 5.25. The fourth-order valence-corrected chi connectivity index (χ4v) is 3.15. The minimum Gasteiger partial charge on any atom is -0.494 e. The maximum atomic E-state index is 13.0. The number of rotatable bonds is 6. The number of ether oxygens (including phenoxy) is 4. The zero-order valence-corrected chi connectivity index (χ0v) is 16.9. The standard InChI is InChI=1S/C19H16Cl2O7/c1-25-16-11(18(23)27-3)5-9(7-13(16)20)15(22)10-6-12(19(24)28-4)17(26-2)14(21)8-10/h5-8H,1-4H3. The van der Waals surface area contributed by atoms with Gasteiger partial charge in [-0.15, -0.1) is 0 Å². The Labute approximate surface area is 171 Å². The predicted octanol–water partition coefficient (Wildman–Crippen LogP) is 3.81. The van der Waals surface area contributed by atoms with Crippen molar-refractivity contribution in [1.29, 1.82) is 0 Å². The second kappa shape index (κ2) is 8.95. The third-order valence-electron chi connectivity index (χ3n) is 3.83. The van der Waals surface area contributed by atoms with Crippen molar-refractivity contribution in [3.05, 3.63) is 56.6 Å². The highest BCUT2D eigenvalue weighted by Gasteiger charge is 2.24. The Kier molecular flexibility index (Phi) is 6.88. The highest BCUT2D eigenvalue weighted by Crippen LogP contribution is 2.34. The fourth-order valence-electron chi connectivity index (χ4n) is 2.55. The fraction of sp³-hybridized carbons (Fsp3) is 0.211. The number of methoxy groups -OCH3 is 4. The first kappa shape index (κ1) is 21.5. The molecule has 0 radical (unpaired) electrons. The number of hydrogen-bond acceptors (Lipinski definition) is 7. The molecule has 7 nitrogen and oxygen atoms in total. The lowest BCUT2D eigenvalue weighted by molar-refractivity contribution is 0.0588. The second-order valence-corrected chi connectivity index (χ2v) is 6.20. The molecule has 2 rings (SSSR count). The van der Waals surface area contributed by atoms with Crippen LogP contribution in [0.25, 0.3) is 0 Å². The van der Waals surface area contributed by atoms with E-state index in [1.165, 1.54) is 52.7 Å². The van der Waals surface area contributed by atoms with Crippen LogP contribution in [-0.4, -0.2) is 46.2 Å². The lowest BCUT2D eigenvalue weighted by Gasteiger charge is -2.13. The molecule has 2 aromatic carbocycles. The second-order valence-electron chi connectivity index (χ2n) is 5.39. The van der Waals surface area contributed by atoms with Gasteiger partial charge in [-0.2, -0.15) is 0 Å². The average molecular weight is 427 g/mol. The van der Waals surface area contributed by atoms with Crippen LogP contribution in [-0.2, 0) is 9.47 Å². The monoisotopic (exact) mass is 426 g/mol. The smallest absolute Gasteiger partial charge is 0.341 e. The molecule has 0 unspecified atom stereocenters. The molecule has 148 valence electrons. The Morgan fingerprint density at radius 2 is 1.04 bits per heavy atom. The zero-order valence-electron chi connectivity index (χ0n) is 15.4. The molecule has 2 aromatic rings. The SMILES string of the molecule is COC(=O)c1cc(C(=O)c2cc(Cl)c(OC)c(C(=O)OC)c2)cc(Cl)c1OC. The largest absolute Gasteiger partial charge is 0.494 e. The summed E-state index contributed by atoms with van der Waals surface area (Å²) in [6.07, 6.45) is 0. The van der Waals surface area contributed by atoms with Crippen molar-refractivity contribution in [3.8, 4) is 11.5 Å².